The van der Waals surface area contributed by atoms with Gasteiger partial charge in [0.15, 0.2) is 0 Å². The van der Waals surface area contributed by atoms with E-state index >= 15 is 0 Å². The van der Waals surface area contributed by atoms with Gasteiger partial charge in [-0.2, -0.15) is 0 Å². The van der Waals surface area contributed by atoms with Gasteiger partial charge in [-0.1, -0.05) is 18.2 Å². The summed E-state index contributed by atoms with van der Waals surface area (Å²) in [5.41, 5.74) is 0.367. The average molecular weight is 207 g/mol. The second-order valence-electron chi connectivity index (χ2n) is 4.37. The van der Waals surface area contributed by atoms with E-state index in [1.807, 2.05) is 51.1 Å². The molecule has 0 bridgehead atoms. The van der Waals surface area contributed by atoms with Crippen LogP contribution in [0.4, 0.5) is 10.5 Å². The van der Waals surface area contributed by atoms with E-state index in [1.54, 1.807) is 7.05 Å². The first-order valence-electron chi connectivity index (χ1n) is 4.92. The predicted octanol–water partition coefficient (Wildman–Crippen LogP) is 3.06. The van der Waals surface area contributed by atoms with Gasteiger partial charge < -0.3 is 4.74 Å². The van der Waals surface area contributed by atoms with Crippen LogP contribution in [0.5, 0.6) is 0 Å². The van der Waals surface area contributed by atoms with E-state index in [1.165, 1.54) is 4.90 Å². The number of hydrogen-bond acceptors (Lipinski definition) is 2. The lowest BCUT2D eigenvalue weighted by atomic mass is 10.2. The highest BCUT2D eigenvalue weighted by atomic mass is 16.6. The van der Waals surface area contributed by atoms with E-state index in [-0.39, 0.29) is 6.09 Å². The third kappa shape index (κ3) is 3.62. The van der Waals surface area contributed by atoms with Crippen molar-refractivity contribution in [2.24, 2.45) is 0 Å². The van der Waals surface area contributed by atoms with Crippen LogP contribution in [-0.4, -0.2) is 18.7 Å². The Morgan fingerprint density at radius 1 is 1.20 bits per heavy atom. The van der Waals surface area contributed by atoms with E-state index in [0.29, 0.717) is 0 Å². The number of rotatable bonds is 1. The molecule has 1 rings (SSSR count). The van der Waals surface area contributed by atoms with Gasteiger partial charge >= 0.3 is 6.09 Å². The molecular formula is C12H17NO2. The summed E-state index contributed by atoms with van der Waals surface area (Å²) in [6, 6.07) is 9.41. The Morgan fingerprint density at radius 2 is 1.73 bits per heavy atom. The normalized spacial score (nSPS) is 10.9. The van der Waals surface area contributed by atoms with Crippen LogP contribution in [0.3, 0.4) is 0 Å². The van der Waals surface area contributed by atoms with Crippen LogP contribution in [0.15, 0.2) is 30.3 Å². The van der Waals surface area contributed by atoms with E-state index in [2.05, 4.69) is 0 Å². The monoisotopic (exact) mass is 207 g/mol. The highest BCUT2D eigenvalue weighted by Gasteiger charge is 2.20. The molecule has 3 heteroatoms. The Labute approximate surface area is 90.7 Å². The molecule has 0 saturated carbocycles. The molecule has 0 heterocycles. The Hall–Kier alpha value is -1.51. The molecule has 0 fully saturated rings. The first-order valence-corrected chi connectivity index (χ1v) is 4.92. The van der Waals surface area contributed by atoms with Gasteiger partial charge in [0.2, 0.25) is 0 Å². The number of anilines is 1. The summed E-state index contributed by atoms with van der Waals surface area (Å²) >= 11 is 0. The van der Waals surface area contributed by atoms with Crippen molar-refractivity contribution >= 4 is 11.8 Å². The smallest absolute Gasteiger partial charge is 0.414 e. The van der Waals surface area contributed by atoms with Crippen molar-refractivity contribution in [1.29, 1.82) is 0 Å². The summed E-state index contributed by atoms with van der Waals surface area (Å²) < 4.78 is 5.24. The molecule has 0 saturated heterocycles. The van der Waals surface area contributed by atoms with Gasteiger partial charge in [0.1, 0.15) is 5.60 Å². The van der Waals surface area contributed by atoms with Gasteiger partial charge in [-0.3, -0.25) is 4.90 Å². The topological polar surface area (TPSA) is 29.5 Å². The van der Waals surface area contributed by atoms with Gasteiger partial charge in [-0.15, -0.1) is 0 Å². The average Bonchev–Trinajstić information content (AvgIpc) is 2.15. The fourth-order valence-corrected chi connectivity index (χ4v) is 1.09. The fraction of sp³-hybridized carbons (Fsp3) is 0.417. The van der Waals surface area contributed by atoms with Crippen LogP contribution in [-0.2, 0) is 4.74 Å². The summed E-state index contributed by atoms with van der Waals surface area (Å²) in [4.78, 5) is 13.2. The maximum Gasteiger partial charge on any atom is 0.414 e. The summed E-state index contributed by atoms with van der Waals surface area (Å²) in [6.45, 7) is 5.55. The van der Waals surface area contributed by atoms with Gasteiger partial charge in [0.25, 0.3) is 0 Å². The first kappa shape index (κ1) is 11.6. The zero-order valence-corrected chi connectivity index (χ0v) is 9.65. The Bertz CT molecular complexity index is 327. The largest absolute Gasteiger partial charge is 0.443 e. The minimum Gasteiger partial charge on any atom is -0.443 e. The molecule has 1 amide bonds. The first-order chi connectivity index (χ1) is 6.90. The number of hydrogen-bond donors (Lipinski definition) is 0. The molecule has 0 spiro atoms. The molecule has 15 heavy (non-hydrogen) atoms. The predicted molar refractivity (Wildman–Crippen MR) is 61.1 cm³/mol. The van der Waals surface area contributed by atoms with Gasteiger partial charge in [-0.25, -0.2) is 4.79 Å². The molecule has 0 aliphatic carbocycles. The number of benzene rings is 1. The number of ether oxygens (including phenoxy) is 1. The van der Waals surface area contributed by atoms with E-state index < -0.39 is 5.60 Å². The van der Waals surface area contributed by atoms with E-state index in [9.17, 15) is 4.79 Å². The number of nitrogens with zero attached hydrogens (tertiary/aromatic N) is 1. The van der Waals surface area contributed by atoms with Crippen LogP contribution in [0.25, 0.3) is 0 Å². The Morgan fingerprint density at radius 3 is 2.20 bits per heavy atom. The minimum absolute atomic E-state index is 0.339. The molecule has 3 nitrogen and oxygen atoms in total. The maximum atomic E-state index is 11.7. The zero-order chi connectivity index (χ0) is 11.5. The Kier molecular flexibility index (Phi) is 3.35. The van der Waals surface area contributed by atoms with Crippen molar-refractivity contribution < 1.29 is 9.53 Å². The van der Waals surface area contributed by atoms with Gasteiger partial charge in [0, 0.05) is 12.7 Å². The standard InChI is InChI=1S/C12H17NO2/c1-12(2,3)15-11(14)13(4)10-8-6-5-7-9-10/h5-9H,1-4H3. The van der Waals surface area contributed by atoms with Crippen molar-refractivity contribution in [2.45, 2.75) is 26.4 Å². The van der Waals surface area contributed by atoms with Crippen molar-refractivity contribution in [2.75, 3.05) is 11.9 Å². The maximum absolute atomic E-state index is 11.7. The van der Waals surface area contributed by atoms with Crippen molar-refractivity contribution in [1.82, 2.24) is 0 Å². The summed E-state index contributed by atoms with van der Waals surface area (Å²) in [5, 5.41) is 0. The van der Waals surface area contributed by atoms with Crippen LogP contribution in [0, 0.1) is 0 Å². The molecule has 0 atom stereocenters. The lowest BCUT2D eigenvalue weighted by Gasteiger charge is -2.24. The van der Waals surface area contributed by atoms with Crippen LogP contribution in [0.1, 0.15) is 20.8 Å². The molecule has 0 unspecified atom stereocenters. The number of carbonyl (C=O) groups is 1. The lowest BCUT2D eigenvalue weighted by molar-refractivity contribution is 0.0589. The molecule has 0 aliphatic heterocycles. The number of carbonyl (C=O) groups excluding carboxylic acids is 1. The van der Waals surface area contributed by atoms with E-state index in [0.717, 1.165) is 5.69 Å². The fourth-order valence-electron chi connectivity index (χ4n) is 1.09. The van der Waals surface area contributed by atoms with Gasteiger partial charge in [0.05, 0.1) is 0 Å². The third-order valence-electron chi connectivity index (χ3n) is 1.81. The van der Waals surface area contributed by atoms with Crippen molar-refractivity contribution in [3.8, 4) is 0 Å². The van der Waals surface area contributed by atoms with E-state index in [4.69, 9.17) is 4.74 Å². The van der Waals surface area contributed by atoms with Crippen molar-refractivity contribution in [3.05, 3.63) is 30.3 Å². The molecular weight excluding hydrogens is 190 g/mol. The van der Waals surface area contributed by atoms with Crippen molar-refractivity contribution in [3.63, 3.8) is 0 Å². The summed E-state index contributed by atoms with van der Waals surface area (Å²) in [6.07, 6.45) is -0.339. The molecule has 1 aromatic rings. The molecule has 0 radical (unpaired) electrons. The second kappa shape index (κ2) is 4.34. The summed E-state index contributed by atoms with van der Waals surface area (Å²) in [7, 11) is 1.70. The van der Waals surface area contributed by atoms with Crippen LogP contribution in [0.2, 0.25) is 0 Å². The van der Waals surface area contributed by atoms with Crippen LogP contribution < -0.4 is 4.90 Å². The SMILES string of the molecule is CN(C(=O)OC(C)(C)C)c1ccccc1. The highest BCUT2D eigenvalue weighted by Crippen LogP contribution is 2.15. The number of amides is 1. The Balaban J connectivity index is 2.70. The molecule has 0 aliphatic rings. The number of para-hydroxylation sites is 1. The molecule has 82 valence electrons. The minimum atomic E-state index is -0.458. The van der Waals surface area contributed by atoms with Crippen LogP contribution >= 0.6 is 0 Å². The second-order valence-corrected chi connectivity index (χ2v) is 4.37. The lowest BCUT2D eigenvalue weighted by Crippen LogP contribution is -2.34. The quantitative estimate of drug-likeness (QED) is 0.708. The third-order valence-corrected chi connectivity index (χ3v) is 1.81. The highest BCUT2D eigenvalue weighted by molar-refractivity contribution is 5.87. The molecule has 0 N–H and O–H groups in total. The zero-order valence-electron chi connectivity index (χ0n) is 9.65. The summed E-state index contributed by atoms with van der Waals surface area (Å²) in [5.74, 6) is 0. The molecule has 0 aromatic heterocycles. The van der Waals surface area contributed by atoms with Gasteiger partial charge in [-0.05, 0) is 32.9 Å². The molecule has 1 aromatic carbocycles.